The van der Waals surface area contributed by atoms with Crippen LogP contribution in [0.2, 0.25) is 0 Å². The van der Waals surface area contributed by atoms with E-state index < -0.39 is 0 Å². The molecule has 96 valence electrons. The number of aromatic nitrogens is 4. The summed E-state index contributed by atoms with van der Waals surface area (Å²) in [4.78, 5) is 8.71. The van der Waals surface area contributed by atoms with Crippen molar-refractivity contribution < 1.29 is 4.52 Å². The predicted molar refractivity (Wildman–Crippen MR) is 65.8 cm³/mol. The maximum Gasteiger partial charge on any atom is 0.278 e. The highest BCUT2D eigenvalue weighted by Gasteiger charge is 2.23. The topological polar surface area (TPSA) is 82.8 Å². The minimum absolute atomic E-state index is 0.466. The van der Waals surface area contributed by atoms with Crippen LogP contribution < -0.4 is 5.73 Å². The Hall–Kier alpha value is -1.69. The van der Waals surface area contributed by atoms with Crippen LogP contribution in [0.15, 0.2) is 17.0 Å². The third kappa shape index (κ3) is 2.15. The number of rotatable bonds is 4. The van der Waals surface area contributed by atoms with Gasteiger partial charge in [-0.05, 0) is 12.8 Å². The lowest BCUT2D eigenvalue weighted by atomic mass is 10.1. The number of nitrogens with zero attached hydrogens (tertiary/aromatic N) is 4. The first kappa shape index (κ1) is 11.4. The Labute approximate surface area is 105 Å². The molecule has 0 atom stereocenters. The summed E-state index contributed by atoms with van der Waals surface area (Å²) >= 11 is 0. The van der Waals surface area contributed by atoms with Gasteiger partial charge in [0, 0.05) is 25.2 Å². The highest BCUT2D eigenvalue weighted by Crippen LogP contribution is 2.33. The highest BCUT2D eigenvalue weighted by atomic mass is 16.5. The van der Waals surface area contributed by atoms with Gasteiger partial charge in [-0.2, -0.15) is 4.98 Å². The standard InChI is InChI=1S/C12H17N5O/c13-5-6-17-7-10(14-8-17)12-15-11(16-18-12)9-3-1-2-4-9/h7-9H,1-6,13H2. The second-order valence-electron chi connectivity index (χ2n) is 4.72. The molecule has 1 aliphatic rings. The fourth-order valence-corrected chi connectivity index (χ4v) is 2.43. The molecule has 6 heteroatoms. The van der Waals surface area contributed by atoms with Crippen molar-refractivity contribution in [3.63, 3.8) is 0 Å². The van der Waals surface area contributed by atoms with E-state index in [-0.39, 0.29) is 0 Å². The maximum absolute atomic E-state index is 5.50. The predicted octanol–water partition coefficient (Wildman–Crippen LogP) is 1.55. The van der Waals surface area contributed by atoms with Crippen LogP contribution in [0.4, 0.5) is 0 Å². The fraction of sp³-hybridized carbons (Fsp3) is 0.583. The maximum atomic E-state index is 5.50. The van der Waals surface area contributed by atoms with Gasteiger partial charge in [0.1, 0.15) is 5.69 Å². The first-order chi connectivity index (χ1) is 8.86. The highest BCUT2D eigenvalue weighted by molar-refractivity contribution is 5.44. The van der Waals surface area contributed by atoms with Gasteiger partial charge >= 0.3 is 0 Å². The van der Waals surface area contributed by atoms with Crippen LogP contribution in [0, 0.1) is 0 Å². The second kappa shape index (κ2) is 4.89. The molecule has 2 heterocycles. The Balaban J connectivity index is 1.78. The van der Waals surface area contributed by atoms with Gasteiger partial charge in [-0.3, -0.25) is 0 Å². The molecule has 1 fully saturated rings. The van der Waals surface area contributed by atoms with Crippen molar-refractivity contribution in [3.05, 3.63) is 18.3 Å². The van der Waals surface area contributed by atoms with Crippen LogP contribution in [-0.2, 0) is 6.54 Å². The van der Waals surface area contributed by atoms with Crippen molar-refractivity contribution in [1.29, 1.82) is 0 Å². The summed E-state index contributed by atoms with van der Waals surface area (Å²) in [7, 11) is 0. The van der Waals surface area contributed by atoms with Gasteiger partial charge in [0.2, 0.25) is 0 Å². The first-order valence-electron chi connectivity index (χ1n) is 6.42. The molecule has 0 radical (unpaired) electrons. The first-order valence-corrected chi connectivity index (χ1v) is 6.42. The Morgan fingerprint density at radius 1 is 1.39 bits per heavy atom. The van der Waals surface area contributed by atoms with Gasteiger partial charge in [0.05, 0.1) is 6.33 Å². The van der Waals surface area contributed by atoms with E-state index in [1.165, 1.54) is 25.7 Å². The molecule has 0 unspecified atom stereocenters. The molecule has 0 amide bonds. The molecule has 0 aliphatic heterocycles. The molecule has 2 aromatic rings. The molecular weight excluding hydrogens is 230 g/mol. The van der Waals surface area contributed by atoms with Crippen molar-refractivity contribution in [1.82, 2.24) is 19.7 Å². The minimum Gasteiger partial charge on any atom is -0.335 e. The average Bonchev–Trinajstić information content (AvgIpc) is 3.10. The molecule has 2 aromatic heterocycles. The Bertz CT molecular complexity index is 512. The average molecular weight is 247 g/mol. The lowest BCUT2D eigenvalue weighted by molar-refractivity contribution is 0.415. The molecule has 0 aromatic carbocycles. The van der Waals surface area contributed by atoms with E-state index in [1.54, 1.807) is 6.33 Å². The molecule has 1 saturated carbocycles. The van der Waals surface area contributed by atoms with E-state index >= 15 is 0 Å². The summed E-state index contributed by atoms with van der Waals surface area (Å²) in [5, 5.41) is 4.07. The Morgan fingerprint density at radius 2 is 2.22 bits per heavy atom. The zero-order valence-electron chi connectivity index (χ0n) is 10.2. The van der Waals surface area contributed by atoms with Crippen molar-refractivity contribution in [2.45, 2.75) is 38.1 Å². The van der Waals surface area contributed by atoms with E-state index in [0.717, 1.165) is 18.1 Å². The van der Waals surface area contributed by atoms with E-state index in [1.807, 2.05) is 10.8 Å². The minimum atomic E-state index is 0.466. The van der Waals surface area contributed by atoms with Crippen LogP contribution in [0.25, 0.3) is 11.6 Å². The van der Waals surface area contributed by atoms with Gasteiger partial charge < -0.3 is 14.8 Å². The molecular formula is C12H17N5O. The van der Waals surface area contributed by atoms with Crippen molar-refractivity contribution in [3.8, 4) is 11.6 Å². The molecule has 3 rings (SSSR count). The zero-order chi connectivity index (χ0) is 12.4. The van der Waals surface area contributed by atoms with Crippen molar-refractivity contribution in [2.75, 3.05) is 6.54 Å². The molecule has 18 heavy (non-hydrogen) atoms. The van der Waals surface area contributed by atoms with Crippen molar-refractivity contribution >= 4 is 0 Å². The van der Waals surface area contributed by atoms with Gasteiger partial charge in [-0.15, -0.1) is 0 Å². The quantitative estimate of drug-likeness (QED) is 0.886. The van der Waals surface area contributed by atoms with Crippen LogP contribution >= 0.6 is 0 Å². The largest absolute Gasteiger partial charge is 0.335 e. The molecule has 0 bridgehead atoms. The van der Waals surface area contributed by atoms with E-state index in [9.17, 15) is 0 Å². The van der Waals surface area contributed by atoms with Gasteiger partial charge in [-0.1, -0.05) is 18.0 Å². The lowest BCUT2D eigenvalue weighted by Crippen LogP contribution is -2.07. The van der Waals surface area contributed by atoms with Crippen LogP contribution in [0.5, 0.6) is 0 Å². The van der Waals surface area contributed by atoms with Crippen LogP contribution in [0.3, 0.4) is 0 Å². The smallest absolute Gasteiger partial charge is 0.278 e. The van der Waals surface area contributed by atoms with Crippen LogP contribution in [-0.4, -0.2) is 26.2 Å². The van der Waals surface area contributed by atoms with Crippen molar-refractivity contribution in [2.24, 2.45) is 5.73 Å². The summed E-state index contributed by atoms with van der Waals surface area (Å²) in [6.45, 7) is 1.34. The molecule has 2 N–H and O–H groups in total. The molecule has 0 saturated heterocycles. The van der Waals surface area contributed by atoms with E-state index in [2.05, 4.69) is 15.1 Å². The number of nitrogens with two attached hydrogens (primary N) is 1. The normalized spacial score (nSPS) is 16.5. The number of hydrogen-bond donors (Lipinski definition) is 1. The lowest BCUT2D eigenvalue weighted by Gasteiger charge is -1.99. The van der Waals surface area contributed by atoms with Gasteiger partial charge in [-0.25, -0.2) is 4.98 Å². The Morgan fingerprint density at radius 3 is 3.00 bits per heavy atom. The molecule has 6 nitrogen and oxygen atoms in total. The summed E-state index contributed by atoms with van der Waals surface area (Å²) in [6.07, 6.45) is 8.49. The van der Waals surface area contributed by atoms with Gasteiger partial charge in [0.15, 0.2) is 5.82 Å². The summed E-state index contributed by atoms with van der Waals surface area (Å²) < 4.78 is 7.21. The second-order valence-corrected chi connectivity index (χ2v) is 4.72. The number of imidazole rings is 1. The monoisotopic (exact) mass is 247 g/mol. The summed E-state index contributed by atoms with van der Waals surface area (Å²) in [5.41, 5.74) is 6.22. The SMILES string of the molecule is NCCn1cnc(-c2nc(C3CCCC3)no2)c1. The van der Waals surface area contributed by atoms with E-state index in [0.29, 0.717) is 18.4 Å². The Kier molecular flexibility index (Phi) is 3.10. The van der Waals surface area contributed by atoms with Crippen LogP contribution in [0.1, 0.15) is 37.4 Å². The van der Waals surface area contributed by atoms with E-state index in [4.69, 9.17) is 10.3 Å². The number of hydrogen-bond acceptors (Lipinski definition) is 5. The third-order valence-corrected chi connectivity index (χ3v) is 3.40. The molecule has 0 spiro atoms. The summed E-state index contributed by atoms with van der Waals surface area (Å²) in [6, 6.07) is 0. The summed E-state index contributed by atoms with van der Waals surface area (Å²) in [5.74, 6) is 1.80. The van der Waals surface area contributed by atoms with Gasteiger partial charge in [0.25, 0.3) is 5.89 Å². The molecule has 1 aliphatic carbocycles. The fourth-order valence-electron chi connectivity index (χ4n) is 2.43. The zero-order valence-corrected chi connectivity index (χ0v) is 10.2. The third-order valence-electron chi connectivity index (χ3n) is 3.40.